The number of pyridine rings is 1. The standard InChI is InChI=1S/C20H24BrN5O.HI/c1-22-19(25-12-11-24-18(27)15-5-4-10-23-13-15)26-14-20(8-9-20)16-6-2-3-7-17(16)21;/h2-7,10,13H,8-9,11-12,14H2,1H3,(H,24,27)(H2,22,25,26);1H. The Hall–Kier alpha value is -1.68. The zero-order valence-corrected chi connectivity index (χ0v) is 19.7. The Bertz CT molecular complexity index is 811. The summed E-state index contributed by atoms with van der Waals surface area (Å²) in [5.74, 6) is 0.614. The summed E-state index contributed by atoms with van der Waals surface area (Å²) >= 11 is 3.66. The van der Waals surface area contributed by atoms with E-state index >= 15 is 0 Å². The zero-order chi connectivity index (χ0) is 19.1. The van der Waals surface area contributed by atoms with E-state index < -0.39 is 0 Å². The van der Waals surface area contributed by atoms with E-state index in [-0.39, 0.29) is 35.3 Å². The highest BCUT2D eigenvalue weighted by Crippen LogP contribution is 2.49. The second kappa shape index (κ2) is 10.8. The molecule has 1 aromatic heterocycles. The van der Waals surface area contributed by atoms with Crippen LogP contribution in [0.2, 0.25) is 0 Å². The fourth-order valence-electron chi connectivity index (χ4n) is 3.01. The predicted molar refractivity (Wildman–Crippen MR) is 126 cm³/mol. The third-order valence-electron chi connectivity index (χ3n) is 4.74. The Morgan fingerprint density at radius 2 is 1.89 bits per heavy atom. The van der Waals surface area contributed by atoms with Gasteiger partial charge in [-0.15, -0.1) is 24.0 Å². The Balaban J connectivity index is 0.00000280. The van der Waals surface area contributed by atoms with Crippen LogP contribution in [0.5, 0.6) is 0 Å². The van der Waals surface area contributed by atoms with E-state index in [1.165, 1.54) is 18.4 Å². The average molecular weight is 558 g/mol. The number of carbonyl (C=O) groups excluding carboxylic acids is 1. The van der Waals surface area contributed by atoms with Crippen LogP contribution in [-0.4, -0.2) is 43.5 Å². The maximum Gasteiger partial charge on any atom is 0.252 e. The molecule has 1 amide bonds. The molecule has 0 aliphatic heterocycles. The first-order chi connectivity index (χ1) is 13.1. The molecular weight excluding hydrogens is 533 g/mol. The molecule has 1 aliphatic rings. The summed E-state index contributed by atoms with van der Waals surface area (Å²) in [4.78, 5) is 20.2. The minimum absolute atomic E-state index is 0. The van der Waals surface area contributed by atoms with Gasteiger partial charge in [-0.1, -0.05) is 34.1 Å². The molecule has 0 atom stereocenters. The van der Waals surface area contributed by atoms with Crippen molar-refractivity contribution in [3.63, 3.8) is 0 Å². The molecule has 1 heterocycles. The molecule has 8 heteroatoms. The van der Waals surface area contributed by atoms with Gasteiger partial charge in [-0.2, -0.15) is 0 Å². The van der Waals surface area contributed by atoms with E-state index in [1.54, 1.807) is 31.6 Å². The topological polar surface area (TPSA) is 78.4 Å². The lowest BCUT2D eigenvalue weighted by Crippen LogP contribution is -2.44. The number of aliphatic imine (C=N–C) groups is 1. The van der Waals surface area contributed by atoms with Gasteiger partial charge in [-0.25, -0.2) is 0 Å². The molecular formula is C20H25BrIN5O. The van der Waals surface area contributed by atoms with Gasteiger partial charge in [0.15, 0.2) is 5.96 Å². The van der Waals surface area contributed by atoms with Crippen molar-refractivity contribution in [3.8, 4) is 0 Å². The smallest absolute Gasteiger partial charge is 0.252 e. The van der Waals surface area contributed by atoms with E-state index in [1.807, 2.05) is 6.07 Å². The Morgan fingerprint density at radius 1 is 1.14 bits per heavy atom. The van der Waals surface area contributed by atoms with Gasteiger partial charge in [-0.3, -0.25) is 14.8 Å². The maximum absolute atomic E-state index is 12.0. The van der Waals surface area contributed by atoms with E-state index in [0.29, 0.717) is 18.7 Å². The lowest BCUT2D eigenvalue weighted by atomic mass is 9.96. The monoisotopic (exact) mass is 557 g/mol. The first-order valence-corrected chi connectivity index (χ1v) is 9.82. The lowest BCUT2D eigenvalue weighted by molar-refractivity contribution is 0.0954. The largest absolute Gasteiger partial charge is 0.356 e. The Morgan fingerprint density at radius 3 is 2.54 bits per heavy atom. The van der Waals surface area contributed by atoms with Crippen LogP contribution in [0.4, 0.5) is 0 Å². The number of halogens is 2. The number of guanidine groups is 1. The number of aromatic nitrogens is 1. The van der Waals surface area contributed by atoms with Gasteiger partial charge in [0, 0.05) is 49.0 Å². The van der Waals surface area contributed by atoms with Crippen molar-refractivity contribution >= 4 is 51.8 Å². The molecule has 3 rings (SSSR count). The van der Waals surface area contributed by atoms with Gasteiger partial charge in [0.05, 0.1) is 5.56 Å². The van der Waals surface area contributed by atoms with Crippen LogP contribution in [0.15, 0.2) is 58.3 Å². The normalized spacial score (nSPS) is 14.6. The second-order valence-corrected chi connectivity index (χ2v) is 7.46. The Kier molecular flexibility index (Phi) is 8.68. The van der Waals surface area contributed by atoms with Crippen LogP contribution in [-0.2, 0) is 5.41 Å². The van der Waals surface area contributed by atoms with Gasteiger partial charge < -0.3 is 16.0 Å². The summed E-state index contributed by atoms with van der Waals surface area (Å²) in [6.45, 7) is 1.93. The molecule has 1 saturated carbocycles. The Labute approximate surface area is 191 Å². The van der Waals surface area contributed by atoms with Gasteiger partial charge in [0.1, 0.15) is 0 Å². The van der Waals surface area contributed by atoms with Crippen molar-refractivity contribution in [2.24, 2.45) is 4.99 Å². The molecule has 0 unspecified atom stereocenters. The summed E-state index contributed by atoms with van der Waals surface area (Å²) in [5, 5.41) is 9.52. The first-order valence-electron chi connectivity index (χ1n) is 9.02. The van der Waals surface area contributed by atoms with Crippen molar-refractivity contribution in [3.05, 3.63) is 64.4 Å². The summed E-state index contributed by atoms with van der Waals surface area (Å²) in [6, 6.07) is 11.9. The van der Waals surface area contributed by atoms with E-state index in [4.69, 9.17) is 0 Å². The fraction of sp³-hybridized carbons (Fsp3) is 0.350. The minimum Gasteiger partial charge on any atom is -0.356 e. The minimum atomic E-state index is -0.126. The third-order valence-corrected chi connectivity index (χ3v) is 5.43. The molecule has 6 nitrogen and oxygen atoms in total. The highest BCUT2D eigenvalue weighted by atomic mass is 127. The average Bonchev–Trinajstić information content (AvgIpc) is 3.49. The van der Waals surface area contributed by atoms with Crippen molar-refractivity contribution in [1.29, 1.82) is 0 Å². The number of carbonyl (C=O) groups is 1. The molecule has 150 valence electrons. The van der Waals surface area contributed by atoms with Crippen LogP contribution in [0.25, 0.3) is 0 Å². The fourth-order valence-corrected chi connectivity index (χ4v) is 3.72. The van der Waals surface area contributed by atoms with Crippen molar-refractivity contribution in [2.75, 3.05) is 26.7 Å². The van der Waals surface area contributed by atoms with Crippen molar-refractivity contribution < 1.29 is 4.79 Å². The number of benzene rings is 1. The van der Waals surface area contributed by atoms with E-state index in [0.717, 1.165) is 17.0 Å². The van der Waals surface area contributed by atoms with E-state index in [9.17, 15) is 4.79 Å². The zero-order valence-electron chi connectivity index (χ0n) is 15.7. The number of hydrogen-bond donors (Lipinski definition) is 3. The van der Waals surface area contributed by atoms with Gasteiger partial charge in [-0.05, 0) is 36.6 Å². The van der Waals surface area contributed by atoms with Crippen molar-refractivity contribution in [2.45, 2.75) is 18.3 Å². The molecule has 0 saturated heterocycles. The maximum atomic E-state index is 12.0. The summed E-state index contributed by atoms with van der Waals surface area (Å²) < 4.78 is 1.16. The van der Waals surface area contributed by atoms with Crippen LogP contribution in [0.3, 0.4) is 0 Å². The lowest BCUT2D eigenvalue weighted by Gasteiger charge is -2.20. The molecule has 28 heavy (non-hydrogen) atoms. The van der Waals surface area contributed by atoms with Crippen molar-refractivity contribution in [1.82, 2.24) is 20.9 Å². The third kappa shape index (κ3) is 5.91. The molecule has 2 aromatic rings. The first kappa shape index (κ1) is 22.6. The molecule has 0 spiro atoms. The molecule has 1 aliphatic carbocycles. The highest BCUT2D eigenvalue weighted by Gasteiger charge is 2.45. The van der Waals surface area contributed by atoms with Gasteiger partial charge in [0.2, 0.25) is 0 Å². The van der Waals surface area contributed by atoms with Crippen LogP contribution >= 0.6 is 39.9 Å². The van der Waals surface area contributed by atoms with E-state index in [2.05, 4.69) is 60.1 Å². The number of nitrogens with zero attached hydrogens (tertiary/aromatic N) is 2. The van der Waals surface area contributed by atoms with Crippen LogP contribution in [0.1, 0.15) is 28.8 Å². The highest BCUT2D eigenvalue weighted by molar-refractivity contribution is 14.0. The molecule has 1 fully saturated rings. The summed E-state index contributed by atoms with van der Waals surface area (Å²) in [7, 11) is 1.75. The van der Waals surface area contributed by atoms with Crippen LogP contribution in [0, 0.1) is 0 Å². The molecule has 3 N–H and O–H groups in total. The number of amides is 1. The number of hydrogen-bond acceptors (Lipinski definition) is 3. The molecule has 0 bridgehead atoms. The predicted octanol–water partition coefficient (Wildman–Crippen LogP) is 3.09. The number of nitrogens with one attached hydrogen (secondary N) is 3. The summed E-state index contributed by atoms with van der Waals surface area (Å²) in [5.41, 5.74) is 2.08. The molecule has 1 aromatic carbocycles. The second-order valence-electron chi connectivity index (χ2n) is 6.61. The SMILES string of the molecule is CN=C(NCCNC(=O)c1cccnc1)NCC1(c2ccccc2Br)CC1.I. The molecule has 0 radical (unpaired) electrons. The quantitative estimate of drug-likeness (QED) is 0.212. The number of rotatable bonds is 7. The van der Waals surface area contributed by atoms with Gasteiger partial charge in [0.25, 0.3) is 5.91 Å². The van der Waals surface area contributed by atoms with Gasteiger partial charge >= 0.3 is 0 Å². The van der Waals surface area contributed by atoms with Crippen LogP contribution < -0.4 is 16.0 Å². The summed E-state index contributed by atoms with van der Waals surface area (Å²) in [6.07, 6.45) is 5.54.